The van der Waals surface area contributed by atoms with Crippen LogP contribution >= 0.6 is 0 Å². The van der Waals surface area contributed by atoms with E-state index in [-0.39, 0.29) is 6.54 Å². The molecule has 0 aromatic heterocycles. The van der Waals surface area contributed by atoms with E-state index in [0.717, 1.165) is 19.6 Å². The van der Waals surface area contributed by atoms with Crippen LogP contribution in [0, 0.1) is 0 Å². The molecule has 0 aromatic rings. The Morgan fingerprint density at radius 1 is 1.45 bits per heavy atom. The number of likely N-dealkylation sites (tertiary alicyclic amines) is 1. The molecule has 0 spiro atoms. The molecule has 0 atom stereocenters. The zero-order valence-electron chi connectivity index (χ0n) is 7.15. The van der Waals surface area contributed by atoms with Gasteiger partial charge in [0.1, 0.15) is 5.67 Å². The Balaban J connectivity index is 2.35. The van der Waals surface area contributed by atoms with Crippen LogP contribution in [0.2, 0.25) is 0 Å². The monoisotopic (exact) mass is 160 g/mol. The van der Waals surface area contributed by atoms with E-state index in [0.29, 0.717) is 12.8 Å². The van der Waals surface area contributed by atoms with Crippen LogP contribution < -0.4 is 5.73 Å². The second-order valence-electron chi connectivity index (χ2n) is 3.29. The molecule has 0 unspecified atom stereocenters. The van der Waals surface area contributed by atoms with E-state index in [2.05, 4.69) is 11.8 Å². The van der Waals surface area contributed by atoms with Gasteiger partial charge in [0.2, 0.25) is 0 Å². The summed E-state index contributed by atoms with van der Waals surface area (Å²) in [5, 5.41) is 0. The maximum Gasteiger partial charge on any atom is 0.125 e. The Hall–Kier alpha value is -0.150. The molecule has 1 heterocycles. The first-order valence-electron chi connectivity index (χ1n) is 4.31. The van der Waals surface area contributed by atoms with Gasteiger partial charge in [-0.25, -0.2) is 4.39 Å². The molecule has 1 rings (SSSR count). The second kappa shape index (κ2) is 3.50. The standard InChI is InChI=1S/C8H17FN2/c1-2-11-5-3-8(9,7-10)4-6-11/h2-7,10H2,1H3. The molecule has 0 aliphatic carbocycles. The summed E-state index contributed by atoms with van der Waals surface area (Å²) in [6.45, 7) is 5.05. The van der Waals surface area contributed by atoms with Crippen LogP contribution in [0.15, 0.2) is 0 Å². The van der Waals surface area contributed by atoms with E-state index < -0.39 is 5.67 Å². The van der Waals surface area contributed by atoms with Crippen molar-refractivity contribution < 1.29 is 4.39 Å². The van der Waals surface area contributed by atoms with Crippen molar-refractivity contribution in [1.29, 1.82) is 0 Å². The highest BCUT2D eigenvalue weighted by Crippen LogP contribution is 2.24. The summed E-state index contributed by atoms with van der Waals surface area (Å²) in [4.78, 5) is 2.26. The van der Waals surface area contributed by atoms with Gasteiger partial charge in [0.15, 0.2) is 0 Å². The minimum Gasteiger partial charge on any atom is -0.328 e. The molecular weight excluding hydrogens is 143 g/mol. The quantitative estimate of drug-likeness (QED) is 0.646. The van der Waals surface area contributed by atoms with Crippen molar-refractivity contribution in [2.75, 3.05) is 26.2 Å². The lowest BCUT2D eigenvalue weighted by molar-refractivity contribution is 0.0681. The van der Waals surface area contributed by atoms with Crippen LogP contribution in [-0.2, 0) is 0 Å². The molecule has 1 aliphatic rings. The highest BCUT2D eigenvalue weighted by atomic mass is 19.1. The first kappa shape index (κ1) is 8.94. The van der Waals surface area contributed by atoms with Crippen molar-refractivity contribution >= 4 is 0 Å². The summed E-state index contributed by atoms with van der Waals surface area (Å²) in [5.74, 6) is 0. The fourth-order valence-corrected chi connectivity index (χ4v) is 1.47. The molecule has 11 heavy (non-hydrogen) atoms. The van der Waals surface area contributed by atoms with Gasteiger partial charge in [-0.2, -0.15) is 0 Å². The average molecular weight is 160 g/mol. The number of nitrogens with two attached hydrogens (primary N) is 1. The van der Waals surface area contributed by atoms with E-state index in [4.69, 9.17) is 5.73 Å². The fourth-order valence-electron chi connectivity index (χ4n) is 1.47. The minimum atomic E-state index is -1.06. The number of hydrogen-bond acceptors (Lipinski definition) is 2. The molecule has 2 nitrogen and oxygen atoms in total. The zero-order valence-corrected chi connectivity index (χ0v) is 7.15. The smallest absolute Gasteiger partial charge is 0.125 e. The Morgan fingerprint density at radius 2 is 2.00 bits per heavy atom. The summed E-state index contributed by atoms with van der Waals surface area (Å²) < 4.78 is 13.5. The van der Waals surface area contributed by atoms with Crippen LogP contribution in [0.5, 0.6) is 0 Å². The van der Waals surface area contributed by atoms with Crippen molar-refractivity contribution in [2.45, 2.75) is 25.4 Å². The van der Waals surface area contributed by atoms with Crippen LogP contribution in [0.4, 0.5) is 4.39 Å². The summed E-state index contributed by atoms with van der Waals surface area (Å²) in [6.07, 6.45) is 1.22. The van der Waals surface area contributed by atoms with E-state index in [1.807, 2.05) is 0 Å². The predicted molar refractivity (Wildman–Crippen MR) is 44.2 cm³/mol. The highest BCUT2D eigenvalue weighted by molar-refractivity contribution is 4.86. The van der Waals surface area contributed by atoms with Gasteiger partial charge in [-0.15, -0.1) is 0 Å². The molecule has 0 amide bonds. The van der Waals surface area contributed by atoms with Gasteiger partial charge in [-0.05, 0) is 19.4 Å². The van der Waals surface area contributed by atoms with Crippen molar-refractivity contribution in [3.63, 3.8) is 0 Å². The molecule has 1 fully saturated rings. The predicted octanol–water partition coefficient (Wildman–Crippen LogP) is 0.769. The normalized spacial score (nSPS) is 25.4. The Labute approximate surface area is 67.6 Å². The largest absolute Gasteiger partial charge is 0.328 e. The van der Waals surface area contributed by atoms with E-state index in [1.54, 1.807) is 0 Å². The third-order valence-corrected chi connectivity index (χ3v) is 2.57. The molecule has 3 heteroatoms. The van der Waals surface area contributed by atoms with Gasteiger partial charge in [0, 0.05) is 19.6 Å². The third-order valence-electron chi connectivity index (χ3n) is 2.57. The van der Waals surface area contributed by atoms with Gasteiger partial charge in [0.05, 0.1) is 0 Å². The van der Waals surface area contributed by atoms with Gasteiger partial charge in [-0.3, -0.25) is 0 Å². The molecule has 0 aromatic carbocycles. The van der Waals surface area contributed by atoms with Gasteiger partial charge < -0.3 is 10.6 Å². The average Bonchev–Trinajstić information content (AvgIpc) is 2.06. The van der Waals surface area contributed by atoms with Crippen molar-refractivity contribution in [2.24, 2.45) is 5.73 Å². The zero-order chi connectivity index (χ0) is 8.32. The number of alkyl halides is 1. The number of hydrogen-bond donors (Lipinski definition) is 1. The van der Waals surface area contributed by atoms with Crippen LogP contribution in [0.1, 0.15) is 19.8 Å². The van der Waals surface area contributed by atoms with Crippen LogP contribution in [0.3, 0.4) is 0 Å². The molecule has 2 N–H and O–H groups in total. The second-order valence-corrected chi connectivity index (χ2v) is 3.29. The fraction of sp³-hybridized carbons (Fsp3) is 1.00. The van der Waals surface area contributed by atoms with Crippen molar-refractivity contribution in [3.8, 4) is 0 Å². The molecule has 1 aliphatic heterocycles. The first-order chi connectivity index (χ1) is 5.20. The van der Waals surface area contributed by atoms with Crippen molar-refractivity contribution in [3.05, 3.63) is 0 Å². The summed E-state index contributed by atoms with van der Waals surface area (Å²) in [7, 11) is 0. The molecule has 0 saturated carbocycles. The maximum absolute atomic E-state index is 13.5. The minimum absolute atomic E-state index is 0.185. The number of rotatable bonds is 2. The van der Waals surface area contributed by atoms with E-state index in [1.165, 1.54) is 0 Å². The lowest BCUT2D eigenvalue weighted by atomic mass is 9.94. The first-order valence-corrected chi connectivity index (χ1v) is 4.31. The van der Waals surface area contributed by atoms with Crippen LogP contribution in [0.25, 0.3) is 0 Å². The summed E-state index contributed by atoms with van der Waals surface area (Å²) in [5.41, 5.74) is 4.27. The molecule has 66 valence electrons. The van der Waals surface area contributed by atoms with E-state index in [9.17, 15) is 4.39 Å². The van der Waals surface area contributed by atoms with Crippen LogP contribution in [-0.4, -0.2) is 36.7 Å². The highest BCUT2D eigenvalue weighted by Gasteiger charge is 2.32. The van der Waals surface area contributed by atoms with Crippen molar-refractivity contribution in [1.82, 2.24) is 4.90 Å². The summed E-state index contributed by atoms with van der Waals surface area (Å²) >= 11 is 0. The Morgan fingerprint density at radius 3 is 2.36 bits per heavy atom. The third kappa shape index (κ3) is 2.14. The number of halogens is 1. The molecule has 1 saturated heterocycles. The topological polar surface area (TPSA) is 29.3 Å². The Kier molecular flexibility index (Phi) is 2.84. The van der Waals surface area contributed by atoms with Gasteiger partial charge >= 0.3 is 0 Å². The lowest BCUT2D eigenvalue weighted by Crippen LogP contribution is -2.45. The SMILES string of the molecule is CCN1CCC(F)(CN)CC1. The maximum atomic E-state index is 13.5. The van der Waals surface area contributed by atoms with E-state index >= 15 is 0 Å². The number of nitrogens with zero attached hydrogens (tertiary/aromatic N) is 1. The van der Waals surface area contributed by atoms with Gasteiger partial charge in [-0.1, -0.05) is 6.92 Å². The number of piperidine rings is 1. The summed E-state index contributed by atoms with van der Waals surface area (Å²) in [6, 6.07) is 0. The molecule has 0 bridgehead atoms. The lowest BCUT2D eigenvalue weighted by Gasteiger charge is -2.34. The van der Waals surface area contributed by atoms with Gasteiger partial charge in [0.25, 0.3) is 0 Å². The molecule has 0 radical (unpaired) electrons. The molecular formula is C8H17FN2. The Bertz CT molecular complexity index is 119.